The van der Waals surface area contributed by atoms with Crippen molar-refractivity contribution in [1.29, 1.82) is 0 Å². The molecule has 106 valence electrons. The van der Waals surface area contributed by atoms with Crippen LogP contribution in [0.2, 0.25) is 5.02 Å². The summed E-state index contributed by atoms with van der Waals surface area (Å²) in [6.45, 7) is 5.35. The second kappa shape index (κ2) is 7.50. The average molecular weight is 294 g/mol. The number of rotatable bonds is 6. The van der Waals surface area contributed by atoms with E-state index in [-0.39, 0.29) is 24.4 Å². The van der Waals surface area contributed by atoms with Gasteiger partial charge in [0.25, 0.3) is 0 Å². The minimum absolute atomic E-state index is 0.217. The second-order valence-electron chi connectivity index (χ2n) is 4.31. The van der Waals surface area contributed by atoms with Gasteiger partial charge < -0.3 is 10.4 Å². The molecular formula is C15H16ClNO3. The fraction of sp³-hybridized carbons (Fsp3) is 0.200. The minimum Gasteiger partial charge on any atom is -0.478 e. The van der Waals surface area contributed by atoms with Gasteiger partial charge in [0.15, 0.2) is 0 Å². The molecule has 0 bridgehead atoms. The Hall–Kier alpha value is -2.07. The van der Waals surface area contributed by atoms with Crippen LogP contribution in [0, 0.1) is 0 Å². The number of benzene rings is 1. The van der Waals surface area contributed by atoms with Gasteiger partial charge in [0.1, 0.15) is 0 Å². The predicted molar refractivity (Wildman–Crippen MR) is 79.5 cm³/mol. The van der Waals surface area contributed by atoms with Gasteiger partial charge in [-0.2, -0.15) is 0 Å². The van der Waals surface area contributed by atoms with E-state index in [1.165, 1.54) is 0 Å². The van der Waals surface area contributed by atoms with Crippen molar-refractivity contribution < 1.29 is 14.7 Å². The van der Waals surface area contributed by atoms with Crippen LogP contribution < -0.4 is 5.32 Å². The van der Waals surface area contributed by atoms with E-state index in [4.69, 9.17) is 16.7 Å². The molecule has 2 N–H and O–H groups in total. The number of carbonyl (C=O) groups excluding carboxylic acids is 1. The van der Waals surface area contributed by atoms with Crippen molar-refractivity contribution in [1.82, 2.24) is 5.32 Å². The first-order chi connectivity index (χ1) is 9.40. The first kappa shape index (κ1) is 16.0. The third kappa shape index (κ3) is 5.28. The zero-order valence-corrected chi connectivity index (χ0v) is 11.9. The first-order valence-corrected chi connectivity index (χ1v) is 6.41. The molecule has 0 aliphatic heterocycles. The van der Waals surface area contributed by atoms with E-state index in [0.29, 0.717) is 10.6 Å². The Kier molecular flexibility index (Phi) is 6.00. The maximum Gasteiger partial charge on any atom is 0.331 e. The maximum absolute atomic E-state index is 11.3. The molecule has 0 aliphatic rings. The molecule has 0 spiro atoms. The SMILES string of the molecule is C=C(C)C(=O)NCC/C(=C\c1ccc(Cl)cc1)C(=O)O. The minimum atomic E-state index is -1.01. The van der Waals surface area contributed by atoms with Gasteiger partial charge in [-0.3, -0.25) is 4.79 Å². The number of carboxylic acid groups (broad SMARTS) is 1. The maximum atomic E-state index is 11.3. The Balaban J connectivity index is 2.70. The Morgan fingerprint density at radius 3 is 2.45 bits per heavy atom. The van der Waals surface area contributed by atoms with Crippen LogP contribution in [0.3, 0.4) is 0 Å². The fourth-order valence-electron chi connectivity index (χ4n) is 1.46. The lowest BCUT2D eigenvalue weighted by Crippen LogP contribution is -2.25. The van der Waals surface area contributed by atoms with Gasteiger partial charge >= 0.3 is 5.97 Å². The molecule has 5 heteroatoms. The molecule has 20 heavy (non-hydrogen) atoms. The summed E-state index contributed by atoms with van der Waals surface area (Å²) in [6.07, 6.45) is 1.79. The summed E-state index contributed by atoms with van der Waals surface area (Å²) >= 11 is 5.77. The Labute approximate surface area is 122 Å². The van der Waals surface area contributed by atoms with Crippen LogP contribution in [0.15, 0.2) is 42.0 Å². The highest BCUT2D eigenvalue weighted by Gasteiger charge is 2.08. The lowest BCUT2D eigenvalue weighted by molar-refractivity contribution is -0.132. The molecule has 0 saturated carbocycles. The fourth-order valence-corrected chi connectivity index (χ4v) is 1.59. The Morgan fingerprint density at radius 2 is 1.95 bits per heavy atom. The highest BCUT2D eigenvalue weighted by atomic mass is 35.5. The van der Waals surface area contributed by atoms with Gasteiger partial charge in [0.2, 0.25) is 5.91 Å². The normalized spacial score (nSPS) is 11.0. The van der Waals surface area contributed by atoms with Gasteiger partial charge in [-0.25, -0.2) is 4.79 Å². The summed E-state index contributed by atoms with van der Waals surface area (Å²) < 4.78 is 0. The van der Waals surface area contributed by atoms with E-state index in [0.717, 1.165) is 5.56 Å². The van der Waals surface area contributed by atoms with E-state index in [1.807, 2.05) is 0 Å². The molecule has 4 nitrogen and oxygen atoms in total. The molecular weight excluding hydrogens is 278 g/mol. The van der Waals surface area contributed by atoms with E-state index in [2.05, 4.69) is 11.9 Å². The van der Waals surface area contributed by atoms with Crippen molar-refractivity contribution in [3.8, 4) is 0 Å². The molecule has 1 aromatic carbocycles. The van der Waals surface area contributed by atoms with Gasteiger partial charge in [-0.1, -0.05) is 30.3 Å². The molecule has 0 radical (unpaired) electrons. The van der Waals surface area contributed by atoms with Crippen molar-refractivity contribution >= 4 is 29.6 Å². The van der Waals surface area contributed by atoms with E-state index < -0.39 is 5.97 Å². The van der Waals surface area contributed by atoms with Crippen LogP contribution in [-0.2, 0) is 9.59 Å². The molecule has 1 amide bonds. The zero-order valence-electron chi connectivity index (χ0n) is 11.1. The first-order valence-electron chi connectivity index (χ1n) is 6.03. The van der Waals surface area contributed by atoms with Crippen LogP contribution in [0.5, 0.6) is 0 Å². The van der Waals surface area contributed by atoms with Gasteiger partial charge in [-0.05, 0) is 37.1 Å². The summed E-state index contributed by atoms with van der Waals surface area (Å²) in [5.74, 6) is -1.29. The molecule has 1 rings (SSSR count). The Bertz CT molecular complexity index is 547. The van der Waals surface area contributed by atoms with E-state index in [9.17, 15) is 9.59 Å². The van der Waals surface area contributed by atoms with Crippen molar-refractivity contribution in [2.45, 2.75) is 13.3 Å². The van der Waals surface area contributed by atoms with Gasteiger partial charge in [0, 0.05) is 22.7 Å². The van der Waals surface area contributed by atoms with Crippen LogP contribution >= 0.6 is 11.6 Å². The van der Waals surface area contributed by atoms with Crippen molar-refractivity contribution in [3.63, 3.8) is 0 Å². The lowest BCUT2D eigenvalue weighted by Gasteiger charge is -2.06. The van der Waals surface area contributed by atoms with Gasteiger partial charge in [-0.15, -0.1) is 0 Å². The zero-order chi connectivity index (χ0) is 15.1. The quantitative estimate of drug-likeness (QED) is 0.793. The molecule has 0 heterocycles. The largest absolute Gasteiger partial charge is 0.478 e. The standard InChI is InChI=1S/C15H16ClNO3/c1-10(2)14(18)17-8-7-12(15(19)20)9-11-3-5-13(16)6-4-11/h3-6,9H,1,7-8H2,2H3,(H,17,18)(H,19,20)/b12-9+. The smallest absolute Gasteiger partial charge is 0.331 e. The van der Waals surface area contributed by atoms with Crippen molar-refractivity contribution in [2.24, 2.45) is 0 Å². The van der Waals surface area contributed by atoms with Crippen LogP contribution in [-0.4, -0.2) is 23.5 Å². The highest BCUT2D eigenvalue weighted by Crippen LogP contribution is 2.14. The monoisotopic (exact) mass is 293 g/mol. The molecule has 0 aromatic heterocycles. The van der Waals surface area contributed by atoms with Crippen LogP contribution in [0.25, 0.3) is 6.08 Å². The molecule has 0 unspecified atom stereocenters. The summed E-state index contributed by atoms with van der Waals surface area (Å²) in [6, 6.07) is 6.85. The van der Waals surface area contributed by atoms with Crippen molar-refractivity contribution in [3.05, 3.63) is 52.6 Å². The van der Waals surface area contributed by atoms with Gasteiger partial charge in [0.05, 0.1) is 0 Å². The molecule has 0 fully saturated rings. The third-order valence-electron chi connectivity index (χ3n) is 2.55. The molecule has 1 aromatic rings. The summed E-state index contributed by atoms with van der Waals surface area (Å²) in [4.78, 5) is 22.5. The third-order valence-corrected chi connectivity index (χ3v) is 2.81. The predicted octanol–water partition coefficient (Wildman–Crippen LogP) is 2.89. The number of nitrogens with one attached hydrogen (secondary N) is 1. The number of hydrogen-bond acceptors (Lipinski definition) is 2. The summed E-state index contributed by atoms with van der Waals surface area (Å²) in [5.41, 5.74) is 1.36. The molecule has 0 atom stereocenters. The average Bonchev–Trinajstić information content (AvgIpc) is 2.39. The highest BCUT2D eigenvalue weighted by molar-refractivity contribution is 6.30. The Morgan fingerprint density at radius 1 is 1.35 bits per heavy atom. The topological polar surface area (TPSA) is 66.4 Å². The number of aliphatic carboxylic acids is 1. The van der Waals surface area contributed by atoms with Crippen LogP contribution in [0.4, 0.5) is 0 Å². The summed E-state index contributed by atoms with van der Waals surface area (Å²) in [5, 5.41) is 12.3. The number of halogens is 1. The number of carbonyl (C=O) groups is 2. The van der Waals surface area contributed by atoms with Crippen molar-refractivity contribution in [2.75, 3.05) is 6.54 Å². The van der Waals surface area contributed by atoms with Crippen LogP contribution in [0.1, 0.15) is 18.9 Å². The molecule has 0 saturated heterocycles. The number of carboxylic acids is 1. The lowest BCUT2D eigenvalue weighted by atomic mass is 10.1. The second-order valence-corrected chi connectivity index (χ2v) is 4.75. The summed E-state index contributed by atoms with van der Waals surface area (Å²) in [7, 11) is 0. The number of amides is 1. The van der Waals surface area contributed by atoms with E-state index in [1.54, 1.807) is 37.3 Å². The molecule has 0 aliphatic carbocycles. The number of hydrogen-bond donors (Lipinski definition) is 2. The van der Waals surface area contributed by atoms with E-state index >= 15 is 0 Å².